The van der Waals surface area contributed by atoms with Gasteiger partial charge in [-0.15, -0.1) is 0 Å². The van der Waals surface area contributed by atoms with Crippen molar-refractivity contribution in [2.75, 3.05) is 7.11 Å². The van der Waals surface area contributed by atoms with Crippen LogP contribution in [0.4, 0.5) is 0 Å². The second kappa shape index (κ2) is 5.78. The van der Waals surface area contributed by atoms with Gasteiger partial charge in [-0.25, -0.2) is 0 Å². The molecule has 3 rings (SSSR count). The van der Waals surface area contributed by atoms with E-state index in [1.165, 1.54) is 0 Å². The second-order valence-electron chi connectivity index (χ2n) is 4.82. The Balaban J connectivity index is 2.15. The van der Waals surface area contributed by atoms with Gasteiger partial charge >= 0.3 is 0 Å². The minimum atomic E-state index is -0.0432. The van der Waals surface area contributed by atoms with Crippen molar-refractivity contribution in [2.24, 2.45) is 5.84 Å². The molecular formula is C16H15N3OS. The van der Waals surface area contributed by atoms with Gasteiger partial charge in [0.15, 0.2) is 0 Å². The first-order chi connectivity index (χ1) is 10.3. The predicted octanol–water partition coefficient (Wildman–Crippen LogP) is 2.78. The molecule has 2 aromatic carbocycles. The summed E-state index contributed by atoms with van der Waals surface area (Å²) in [4.78, 5) is 2.24. The first kappa shape index (κ1) is 14.0. The molecule has 2 aromatic rings. The minimum Gasteiger partial charge on any atom is -0.497 e. The lowest BCUT2D eigenvalue weighted by atomic mass is 9.96. The maximum atomic E-state index is 9.31. The van der Waals surface area contributed by atoms with Crippen molar-refractivity contribution in [1.29, 1.82) is 5.26 Å². The molecule has 0 saturated carbocycles. The number of nitrogens with two attached hydrogens (primary N) is 1. The normalized spacial score (nSPS) is 16.3. The summed E-state index contributed by atoms with van der Waals surface area (Å²) in [5.41, 5.74) is 5.72. The molecular weight excluding hydrogens is 282 g/mol. The van der Waals surface area contributed by atoms with Crippen LogP contribution in [0.5, 0.6) is 5.75 Å². The number of rotatable bonds is 2. The summed E-state index contributed by atoms with van der Waals surface area (Å²) in [5, 5.41) is 9.31. The van der Waals surface area contributed by atoms with Gasteiger partial charge in [-0.1, -0.05) is 17.8 Å². The largest absolute Gasteiger partial charge is 0.497 e. The Morgan fingerprint density at radius 2 is 2.19 bits per heavy atom. The molecule has 0 radical (unpaired) electrons. The Morgan fingerprint density at radius 3 is 2.90 bits per heavy atom. The molecule has 21 heavy (non-hydrogen) atoms. The number of hydrogen-bond acceptors (Lipinski definition) is 5. The van der Waals surface area contributed by atoms with Gasteiger partial charge in [-0.05, 0) is 47.9 Å². The maximum absolute atomic E-state index is 9.31. The van der Waals surface area contributed by atoms with Crippen molar-refractivity contribution in [3.8, 4) is 11.8 Å². The summed E-state index contributed by atoms with van der Waals surface area (Å²) in [7, 11) is 1.65. The minimum absolute atomic E-state index is 0.0432. The molecule has 0 bridgehead atoms. The van der Waals surface area contributed by atoms with Gasteiger partial charge in [0.25, 0.3) is 0 Å². The number of methoxy groups -OCH3 is 1. The van der Waals surface area contributed by atoms with Gasteiger partial charge in [0, 0.05) is 9.79 Å². The molecule has 1 unspecified atom stereocenters. The molecule has 0 aromatic heterocycles. The number of nitrogens with one attached hydrogen (secondary N) is 1. The molecule has 0 amide bonds. The zero-order valence-corrected chi connectivity index (χ0v) is 12.4. The molecule has 106 valence electrons. The van der Waals surface area contributed by atoms with Crippen molar-refractivity contribution < 1.29 is 4.74 Å². The van der Waals surface area contributed by atoms with Crippen LogP contribution < -0.4 is 16.0 Å². The lowest BCUT2D eigenvalue weighted by Crippen LogP contribution is -2.29. The molecule has 1 aliphatic rings. The fourth-order valence-electron chi connectivity index (χ4n) is 2.58. The monoisotopic (exact) mass is 297 g/mol. The number of hydrogen-bond donors (Lipinski definition) is 2. The summed E-state index contributed by atoms with van der Waals surface area (Å²) in [6, 6.07) is 14.0. The van der Waals surface area contributed by atoms with E-state index < -0.39 is 0 Å². The van der Waals surface area contributed by atoms with Crippen LogP contribution in [0, 0.1) is 11.3 Å². The van der Waals surface area contributed by atoms with Gasteiger partial charge in [-0.3, -0.25) is 11.3 Å². The molecule has 0 saturated heterocycles. The quantitative estimate of drug-likeness (QED) is 0.659. The second-order valence-corrected chi connectivity index (χ2v) is 5.91. The van der Waals surface area contributed by atoms with E-state index in [0.29, 0.717) is 12.0 Å². The first-order valence-electron chi connectivity index (χ1n) is 6.60. The number of nitriles is 1. The molecule has 3 N–H and O–H groups in total. The van der Waals surface area contributed by atoms with Crippen LogP contribution in [0.25, 0.3) is 0 Å². The topological polar surface area (TPSA) is 71.1 Å². The van der Waals surface area contributed by atoms with E-state index in [1.54, 1.807) is 18.9 Å². The average Bonchev–Trinajstić information content (AvgIpc) is 2.69. The molecule has 1 aliphatic heterocycles. The van der Waals surface area contributed by atoms with E-state index in [-0.39, 0.29) is 6.04 Å². The van der Waals surface area contributed by atoms with Crippen LogP contribution in [-0.2, 0) is 6.42 Å². The molecule has 4 nitrogen and oxygen atoms in total. The smallest absolute Gasteiger partial charge is 0.119 e. The van der Waals surface area contributed by atoms with Crippen LogP contribution in [0.15, 0.2) is 46.2 Å². The Hall–Kier alpha value is -2.00. The van der Waals surface area contributed by atoms with Gasteiger partial charge < -0.3 is 4.74 Å². The van der Waals surface area contributed by atoms with Crippen LogP contribution in [0.1, 0.15) is 22.7 Å². The Labute approximate surface area is 127 Å². The third-order valence-electron chi connectivity index (χ3n) is 3.68. The summed E-state index contributed by atoms with van der Waals surface area (Å²) < 4.78 is 5.31. The molecule has 0 spiro atoms. The highest BCUT2D eigenvalue weighted by molar-refractivity contribution is 7.99. The van der Waals surface area contributed by atoms with Crippen LogP contribution in [0.3, 0.4) is 0 Å². The van der Waals surface area contributed by atoms with Crippen molar-refractivity contribution in [3.63, 3.8) is 0 Å². The van der Waals surface area contributed by atoms with Crippen molar-refractivity contribution >= 4 is 11.8 Å². The highest BCUT2D eigenvalue weighted by Gasteiger charge is 2.24. The third-order valence-corrected chi connectivity index (χ3v) is 4.87. The van der Waals surface area contributed by atoms with Gasteiger partial charge in [-0.2, -0.15) is 5.26 Å². The van der Waals surface area contributed by atoms with Crippen LogP contribution in [0.2, 0.25) is 0 Å². The van der Waals surface area contributed by atoms with Crippen molar-refractivity contribution in [3.05, 3.63) is 53.1 Å². The van der Waals surface area contributed by atoms with E-state index in [2.05, 4.69) is 11.5 Å². The zero-order chi connectivity index (χ0) is 14.8. The summed E-state index contributed by atoms with van der Waals surface area (Å²) in [5.74, 6) is 6.55. The number of ether oxygens (including phenoxy) is 1. The molecule has 1 atom stereocenters. The van der Waals surface area contributed by atoms with Crippen molar-refractivity contribution in [1.82, 2.24) is 5.43 Å². The summed E-state index contributed by atoms with van der Waals surface area (Å²) >= 11 is 1.67. The fraction of sp³-hybridized carbons (Fsp3) is 0.188. The fourth-order valence-corrected chi connectivity index (χ4v) is 3.73. The van der Waals surface area contributed by atoms with E-state index in [9.17, 15) is 5.26 Å². The zero-order valence-electron chi connectivity index (χ0n) is 11.6. The average molecular weight is 297 g/mol. The Morgan fingerprint density at radius 1 is 1.33 bits per heavy atom. The molecule has 5 heteroatoms. The lowest BCUT2D eigenvalue weighted by molar-refractivity contribution is 0.412. The maximum Gasteiger partial charge on any atom is 0.119 e. The van der Waals surface area contributed by atoms with E-state index in [4.69, 9.17) is 10.6 Å². The SMILES string of the molecule is COc1ccc2c(c1)C(NN)Cc1c(C#N)cccc1S2. The highest BCUT2D eigenvalue weighted by Crippen LogP contribution is 2.42. The molecule has 1 heterocycles. The van der Waals surface area contributed by atoms with Crippen molar-refractivity contribution in [2.45, 2.75) is 22.3 Å². The summed E-state index contributed by atoms with van der Waals surface area (Å²) in [6.45, 7) is 0. The van der Waals surface area contributed by atoms with Crippen LogP contribution >= 0.6 is 11.8 Å². The van der Waals surface area contributed by atoms with Gasteiger partial charge in [0.2, 0.25) is 0 Å². The number of nitrogens with zero attached hydrogens (tertiary/aromatic N) is 1. The summed E-state index contributed by atoms with van der Waals surface area (Å²) in [6.07, 6.45) is 0.683. The predicted molar refractivity (Wildman–Crippen MR) is 82.0 cm³/mol. The Bertz CT molecular complexity index is 724. The lowest BCUT2D eigenvalue weighted by Gasteiger charge is -2.17. The van der Waals surface area contributed by atoms with Crippen LogP contribution in [-0.4, -0.2) is 7.11 Å². The highest BCUT2D eigenvalue weighted by atomic mass is 32.2. The molecule has 0 fully saturated rings. The van der Waals surface area contributed by atoms with E-state index in [1.807, 2.05) is 36.4 Å². The standard InChI is InChI=1S/C16H15N3OS/c1-20-11-5-6-16-13(7-11)14(19-18)8-12-10(9-17)3-2-4-15(12)21-16/h2-7,14,19H,8,18H2,1H3. The number of hydrazine groups is 1. The van der Waals surface area contributed by atoms with Gasteiger partial charge in [0.1, 0.15) is 5.75 Å². The first-order valence-corrected chi connectivity index (χ1v) is 7.42. The number of benzene rings is 2. The molecule has 0 aliphatic carbocycles. The Kier molecular flexibility index (Phi) is 3.84. The van der Waals surface area contributed by atoms with E-state index >= 15 is 0 Å². The number of fused-ring (bicyclic) bond motifs is 2. The van der Waals surface area contributed by atoms with Gasteiger partial charge in [0.05, 0.1) is 24.8 Å². The van der Waals surface area contributed by atoms with E-state index in [0.717, 1.165) is 26.7 Å². The third kappa shape index (κ3) is 2.49.